The van der Waals surface area contributed by atoms with Gasteiger partial charge in [0.1, 0.15) is 0 Å². The average molecular weight is 292 g/mol. The third-order valence-electron chi connectivity index (χ3n) is 3.49. The number of carbonyl (C=O) groups excluding carboxylic acids is 1. The molecule has 114 valence electrons. The van der Waals surface area contributed by atoms with Gasteiger partial charge in [0.15, 0.2) is 6.10 Å². The molecule has 3 N–H and O–H groups in total. The molecule has 2 rings (SSSR count). The SMILES string of the molecule is CCc1ccc(NC(=O)NCC2CCC(C(=O)O)O2)cc1. The number of benzene rings is 1. The minimum atomic E-state index is -0.946. The van der Waals surface area contributed by atoms with Crippen LogP contribution >= 0.6 is 0 Å². The standard InChI is InChI=1S/C15H20N2O4/c1-2-10-3-5-11(6-4-10)17-15(20)16-9-12-7-8-13(21-12)14(18)19/h3-6,12-13H,2,7-9H2,1H3,(H,18,19)(H2,16,17,20). The molecule has 6 heteroatoms. The average Bonchev–Trinajstić information content (AvgIpc) is 2.95. The van der Waals surface area contributed by atoms with Crippen LogP contribution < -0.4 is 10.6 Å². The van der Waals surface area contributed by atoms with Gasteiger partial charge in [0.05, 0.1) is 6.10 Å². The molecule has 1 heterocycles. The molecule has 2 unspecified atom stereocenters. The molecule has 6 nitrogen and oxygen atoms in total. The molecule has 0 bridgehead atoms. The van der Waals surface area contributed by atoms with E-state index < -0.39 is 12.1 Å². The Hall–Kier alpha value is -2.08. The van der Waals surface area contributed by atoms with Crippen molar-refractivity contribution in [1.29, 1.82) is 0 Å². The predicted molar refractivity (Wildman–Crippen MR) is 78.4 cm³/mol. The number of hydrogen-bond donors (Lipinski definition) is 3. The van der Waals surface area contributed by atoms with Gasteiger partial charge < -0.3 is 20.5 Å². The molecule has 0 saturated carbocycles. The largest absolute Gasteiger partial charge is 0.479 e. The van der Waals surface area contributed by atoms with Gasteiger partial charge in [-0.2, -0.15) is 0 Å². The maximum atomic E-state index is 11.7. The molecule has 1 aromatic rings. The molecule has 1 fully saturated rings. The zero-order chi connectivity index (χ0) is 15.2. The predicted octanol–water partition coefficient (Wildman–Crippen LogP) is 2.00. The molecule has 0 spiro atoms. The quantitative estimate of drug-likeness (QED) is 0.774. The highest BCUT2D eigenvalue weighted by molar-refractivity contribution is 5.89. The van der Waals surface area contributed by atoms with Gasteiger partial charge in [0.25, 0.3) is 0 Å². The minimum Gasteiger partial charge on any atom is -0.479 e. The number of rotatable bonds is 5. The van der Waals surface area contributed by atoms with E-state index in [4.69, 9.17) is 9.84 Å². The van der Waals surface area contributed by atoms with E-state index in [1.54, 1.807) is 0 Å². The van der Waals surface area contributed by atoms with E-state index in [0.717, 1.165) is 12.1 Å². The molecule has 1 aliphatic rings. The number of aryl methyl sites for hydroxylation is 1. The molecule has 1 aromatic carbocycles. The first kappa shape index (κ1) is 15.3. The first-order valence-corrected chi connectivity index (χ1v) is 7.10. The lowest BCUT2D eigenvalue weighted by Gasteiger charge is -2.13. The third-order valence-corrected chi connectivity index (χ3v) is 3.49. The van der Waals surface area contributed by atoms with Crippen molar-refractivity contribution in [2.45, 2.75) is 38.4 Å². The number of anilines is 1. The van der Waals surface area contributed by atoms with Crippen LogP contribution in [0.4, 0.5) is 10.5 Å². The number of hydrogen-bond acceptors (Lipinski definition) is 3. The van der Waals surface area contributed by atoms with Crippen molar-refractivity contribution in [3.8, 4) is 0 Å². The van der Waals surface area contributed by atoms with Gasteiger partial charge in [-0.25, -0.2) is 9.59 Å². The Kier molecular flexibility index (Phi) is 5.16. The Bertz CT molecular complexity index is 501. The summed E-state index contributed by atoms with van der Waals surface area (Å²) in [6.07, 6.45) is 1.10. The highest BCUT2D eigenvalue weighted by Crippen LogP contribution is 2.19. The molecule has 0 aromatic heterocycles. The van der Waals surface area contributed by atoms with Crippen molar-refractivity contribution in [1.82, 2.24) is 5.32 Å². The Morgan fingerprint density at radius 2 is 2.00 bits per heavy atom. The van der Waals surface area contributed by atoms with E-state index in [-0.39, 0.29) is 12.1 Å². The summed E-state index contributed by atoms with van der Waals surface area (Å²) in [6.45, 7) is 2.38. The number of urea groups is 1. The number of ether oxygens (including phenoxy) is 1. The van der Waals surface area contributed by atoms with Crippen LogP contribution in [0.3, 0.4) is 0 Å². The van der Waals surface area contributed by atoms with Crippen LogP contribution in [0.15, 0.2) is 24.3 Å². The second-order valence-corrected chi connectivity index (χ2v) is 5.05. The fourth-order valence-electron chi connectivity index (χ4n) is 2.24. The summed E-state index contributed by atoms with van der Waals surface area (Å²) < 4.78 is 5.31. The van der Waals surface area contributed by atoms with Gasteiger partial charge in [-0.05, 0) is 37.0 Å². The van der Waals surface area contributed by atoms with E-state index in [2.05, 4.69) is 17.6 Å². The maximum absolute atomic E-state index is 11.7. The molecule has 21 heavy (non-hydrogen) atoms. The first-order chi connectivity index (χ1) is 10.1. The van der Waals surface area contributed by atoms with E-state index in [1.165, 1.54) is 5.56 Å². The summed E-state index contributed by atoms with van der Waals surface area (Å²) >= 11 is 0. The fourth-order valence-corrected chi connectivity index (χ4v) is 2.24. The van der Waals surface area contributed by atoms with Crippen molar-refractivity contribution < 1.29 is 19.4 Å². The van der Waals surface area contributed by atoms with Crippen molar-refractivity contribution in [3.63, 3.8) is 0 Å². The number of amides is 2. The molecule has 0 aliphatic carbocycles. The number of carboxylic acid groups (broad SMARTS) is 1. The lowest BCUT2D eigenvalue weighted by Crippen LogP contribution is -2.35. The van der Waals surface area contributed by atoms with E-state index in [1.807, 2.05) is 24.3 Å². The number of aliphatic carboxylic acids is 1. The monoisotopic (exact) mass is 292 g/mol. The second kappa shape index (κ2) is 7.08. The summed E-state index contributed by atoms with van der Waals surface area (Å²) in [6, 6.07) is 7.32. The number of nitrogens with one attached hydrogen (secondary N) is 2. The van der Waals surface area contributed by atoms with Gasteiger partial charge in [0.2, 0.25) is 0 Å². The third kappa shape index (κ3) is 4.46. The Morgan fingerprint density at radius 1 is 1.29 bits per heavy atom. The van der Waals surface area contributed by atoms with E-state index >= 15 is 0 Å². The van der Waals surface area contributed by atoms with Crippen LogP contribution in [0, 0.1) is 0 Å². The molecule has 1 aliphatic heterocycles. The highest BCUT2D eigenvalue weighted by atomic mass is 16.5. The number of carboxylic acids is 1. The van der Waals surface area contributed by atoms with Crippen LogP contribution in [-0.4, -0.2) is 35.9 Å². The lowest BCUT2D eigenvalue weighted by molar-refractivity contribution is -0.149. The topological polar surface area (TPSA) is 87.7 Å². The van der Waals surface area contributed by atoms with Crippen molar-refractivity contribution in [2.75, 3.05) is 11.9 Å². The van der Waals surface area contributed by atoms with Crippen molar-refractivity contribution >= 4 is 17.7 Å². The minimum absolute atomic E-state index is 0.237. The molecular weight excluding hydrogens is 272 g/mol. The lowest BCUT2D eigenvalue weighted by atomic mass is 10.1. The van der Waals surface area contributed by atoms with Gasteiger partial charge >= 0.3 is 12.0 Å². The van der Waals surface area contributed by atoms with Gasteiger partial charge in [-0.15, -0.1) is 0 Å². The van der Waals surface area contributed by atoms with Crippen LogP contribution in [-0.2, 0) is 16.0 Å². The molecule has 2 amide bonds. The van der Waals surface area contributed by atoms with E-state index in [9.17, 15) is 9.59 Å². The Balaban J connectivity index is 1.73. The normalized spacial score (nSPS) is 21.0. The summed E-state index contributed by atoms with van der Waals surface area (Å²) in [5, 5.41) is 14.2. The number of carbonyl (C=O) groups is 2. The van der Waals surface area contributed by atoms with Crippen molar-refractivity contribution in [3.05, 3.63) is 29.8 Å². The maximum Gasteiger partial charge on any atom is 0.332 e. The zero-order valence-electron chi connectivity index (χ0n) is 12.0. The van der Waals surface area contributed by atoms with Crippen molar-refractivity contribution in [2.24, 2.45) is 0 Å². The van der Waals surface area contributed by atoms with Crippen LogP contribution in [0.5, 0.6) is 0 Å². The Morgan fingerprint density at radius 3 is 2.57 bits per heavy atom. The molecular formula is C15H20N2O4. The van der Waals surface area contributed by atoms with Crippen LogP contribution in [0.25, 0.3) is 0 Å². The van der Waals surface area contributed by atoms with Gasteiger partial charge in [-0.1, -0.05) is 19.1 Å². The van der Waals surface area contributed by atoms with Crippen LogP contribution in [0.2, 0.25) is 0 Å². The second-order valence-electron chi connectivity index (χ2n) is 5.05. The molecule has 1 saturated heterocycles. The smallest absolute Gasteiger partial charge is 0.332 e. The summed E-state index contributed by atoms with van der Waals surface area (Å²) in [5.41, 5.74) is 1.93. The summed E-state index contributed by atoms with van der Waals surface area (Å²) in [4.78, 5) is 22.5. The summed E-state index contributed by atoms with van der Waals surface area (Å²) in [5.74, 6) is -0.946. The van der Waals surface area contributed by atoms with Gasteiger partial charge in [0, 0.05) is 12.2 Å². The fraction of sp³-hybridized carbons (Fsp3) is 0.467. The summed E-state index contributed by atoms with van der Waals surface area (Å²) in [7, 11) is 0. The zero-order valence-corrected chi connectivity index (χ0v) is 12.0. The van der Waals surface area contributed by atoms with E-state index in [0.29, 0.717) is 19.4 Å². The molecule has 2 atom stereocenters. The highest BCUT2D eigenvalue weighted by Gasteiger charge is 2.30. The van der Waals surface area contributed by atoms with Crippen LogP contribution in [0.1, 0.15) is 25.3 Å². The first-order valence-electron chi connectivity index (χ1n) is 7.10. The Labute approximate surface area is 123 Å². The van der Waals surface area contributed by atoms with Gasteiger partial charge in [-0.3, -0.25) is 0 Å². The molecule has 0 radical (unpaired) electrons.